The third-order valence-corrected chi connectivity index (χ3v) is 7.30. The maximum atomic E-state index is 13.3. The van der Waals surface area contributed by atoms with Gasteiger partial charge in [0.15, 0.2) is 0 Å². The zero-order valence-electron chi connectivity index (χ0n) is 23.0. The summed E-state index contributed by atoms with van der Waals surface area (Å²) in [6.07, 6.45) is 5.01. The second kappa shape index (κ2) is 11.5. The summed E-state index contributed by atoms with van der Waals surface area (Å²) < 4.78 is 43.0. The van der Waals surface area contributed by atoms with E-state index in [9.17, 15) is 18.0 Å². The number of allylic oxidation sites excluding steroid dienone is 2. The first kappa shape index (κ1) is 28.6. The number of halogens is 3. The molecule has 0 radical (unpaired) electrons. The number of pyridine rings is 1. The van der Waals surface area contributed by atoms with E-state index in [1.807, 2.05) is 17.0 Å². The van der Waals surface area contributed by atoms with E-state index in [0.29, 0.717) is 55.8 Å². The predicted molar refractivity (Wildman–Crippen MR) is 156 cm³/mol. The number of alkyl halides is 3. The molecule has 0 saturated carbocycles. The van der Waals surface area contributed by atoms with Crippen molar-refractivity contribution in [1.82, 2.24) is 29.0 Å². The van der Waals surface area contributed by atoms with Gasteiger partial charge in [-0.1, -0.05) is 26.2 Å². The van der Waals surface area contributed by atoms with E-state index < -0.39 is 29.4 Å². The number of hydrogen-bond acceptors (Lipinski definition) is 9. The number of piperazine rings is 1. The van der Waals surface area contributed by atoms with Gasteiger partial charge in [0.1, 0.15) is 23.2 Å². The molecule has 0 spiro atoms. The highest BCUT2D eigenvalue weighted by Gasteiger charge is 2.42. The Labute approximate surface area is 240 Å². The lowest BCUT2D eigenvalue weighted by Crippen LogP contribution is -2.47. The fraction of sp³-hybridized carbons (Fsp3) is 0.321. The number of hydrogen-bond donors (Lipinski definition) is 2. The van der Waals surface area contributed by atoms with E-state index in [0.717, 1.165) is 5.69 Å². The molecule has 0 aliphatic carbocycles. The normalized spacial score (nSPS) is 19.0. The van der Waals surface area contributed by atoms with Crippen LogP contribution in [0.3, 0.4) is 0 Å². The molecule has 1 saturated heterocycles. The number of nitrogens with zero attached hydrogens (tertiary/aromatic N) is 8. The second-order valence-electron chi connectivity index (χ2n) is 10.2. The Kier molecular flexibility index (Phi) is 7.87. The Morgan fingerprint density at radius 2 is 1.90 bits per heavy atom. The minimum absolute atomic E-state index is 0.169. The van der Waals surface area contributed by atoms with Crippen LogP contribution in [0.4, 0.5) is 30.5 Å². The average Bonchev–Trinajstić information content (AvgIpc) is 3.40. The molecule has 1 fully saturated rings. The second-order valence-corrected chi connectivity index (χ2v) is 10.2. The highest BCUT2D eigenvalue weighted by molar-refractivity contribution is 5.93. The van der Waals surface area contributed by atoms with Gasteiger partial charge in [0.2, 0.25) is 0 Å². The lowest BCUT2D eigenvalue weighted by molar-refractivity contribution is -0.0630. The van der Waals surface area contributed by atoms with Gasteiger partial charge < -0.3 is 25.4 Å². The van der Waals surface area contributed by atoms with Crippen molar-refractivity contribution in [3.8, 4) is 0 Å². The van der Waals surface area contributed by atoms with Gasteiger partial charge in [-0.2, -0.15) is 18.2 Å². The maximum absolute atomic E-state index is 13.3. The number of aliphatic imine (C=N–C) groups is 1. The summed E-state index contributed by atoms with van der Waals surface area (Å²) in [5.41, 5.74) is 6.45. The molecule has 3 N–H and O–H groups in total. The van der Waals surface area contributed by atoms with Gasteiger partial charge in [-0.3, -0.25) is 9.56 Å². The standard InChI is InChI=1S/C28H31F3N10O/c1-18(15-38-16-23(35-17-38)22-6-8-33-26(19(22)2)28(29,30)31)36-25-5-4-21(14-34-25)40-12-10-39(11-13-40)20(3)41-9-7-24(32)37-27(41)42/h4-9,14,16-17,19,22H,1,3,10-13,15H2,2H3,(H,34,36)(H2,32,37,42)/t19?,22-/m0/s1. The molecule has 2 aliphatic rings. The van der Waals surface area contributed by atoms with Gasteiger partial charge in [0.05, 0.1) is 30.5 Å². The van der Waals surface area contributed by atoms with Crippen LogP contribution in [0.5, 0.6) is 0 Å². The molecule has 14 heteroatoms. The van der Waals surface area contributed by atoms with E-state index in [4.69, 9.17) is 5.73 Å². The molecule has 0 aromatic carbocycles. The van der Waals surface area contributed by atoms with Crippen LogP contribution in [0.15, 0.2) is 84.0 Å². The van der Waals surface area contributed by atoms with Gasteiger partial charge in [-0.25, -0.2) is 14.8 Å². The molecule has 0 bridgehead atoms. The minimum Gasteiger partial charge on any atom is -0.383 e. The smallest absolute Gasteiger partial charge is 0.383 e. The number of anilines is 3. The molecular formula is C28H31F3N10O. The summed E-state index contributed by atoms with van der Waals surface area (Å²) in [4.78, 5) is 32.5. The lowest BCUT2D eigenvalue weighted by atomic mass is 9.85. The van der Waals surface area contributed by atoms with Crippen LogP contribution in [0.2, 0.25) is 0 Å². The highest BCUT2D eigenvalue weighted by atomic mass is 19.4. The van der Waals surface area contributed by atoms with Crippen LogP contribution in [-0.4, -0.2) is 67.1 Å². The van der Waals surface area contributed by atoms with Gasteiger partial charge >= 0.3 is 11.9 Å². The van der Waals surface area contributed by atoms with E-state index in [-0.39, 0.29) is 5.82 Å². The maximum Gasteiger partial charge on any atom is 0.429 e. The van der Waals surface area contributed by atoms with Crippen molar-refractivity contribution in [2.45, 2.75) is 25.6 Å². The monoisotopic (exact) mass is 580 g/mol. The number of rotatable bonds is 8. The van der Waals surface area contributed by atoms with Crippen molar-refractivity contribution >= 4 is 28.9 Å². The van der Waals surface area contributed by atoms with Crippen LogP contribution in [0, 0.1) is 5.92 Å². The van der Waals surface area contributed by atoms with E-state index >= 15 is 0 Å². The van der Waals surface area contributed by atoms with Gasteiger partial charge in [0, 0.05) is 62.3 Å². The number of imidazole rings is 1. The molecule has 3 aromatic heterocycles. The van der Waals surface area contributed by atoms with Crippen LogP contribution >= 0.6 is 0 Å². The summed E-state index contributed by atoms with van der Waals surface area (Å²) in [5.74, 6) is -0.0233. The number of nitrogen functional groups attached to an aromatic ring is 1. The molecule has 220 valence electrons. The Morgan fingerprint density at radius 1 is 1.14 bits per heavy atom. The fourth-order valence-corrected chi connectivity index (χ4v) is 5.07. The van der Waals surface area contributed by atoms with E-state index in [1.165, 1.54) is 17.7 Å². The average molecular weight is 581 g/mol. The molecular weight excluding hydrogens is 549 g/mol. The summed E-state index contributed by atoms with van der Waals surface area (Å²) in [6, 6.07) is 5.39. The lowest BCUT2D eigenvalue weighted by Gasteiger charge is -2.38. The SMILES string of the molecule is C=C(Cn1cnc([C@H]2C=CN=C(C(F)(F)F)C2C)c1)Nc1ccc(N2CCN(C(=C)n3ccc(N)nc3=O)CC2)cn1. The van der Waals surface area contributed by atoms with Gasteiger partial charge in [-0.15, -0.1) is 0 Å². The van der Waals surface area contributed by atoms with E-state index in [1.54, 1.807) is 41.6 Å². The molecule has 5 heterocycles. The molecule has 3 aromatic rings. The first-order chi connectivity index (χ1) is 20.0. The Balaban J connectivity index is 1.13. The van der Waals surface area contributed by atoms with Crippen molar-refractivity contribution < 1.29 is 13.2 Å². The van der Waals surface area contributed by atoms with Crippen molar-refractivity contribution in [3.05, 3.63) is 90.4 Å². The highest BCUT2D eigenvalue weighted by Crippen LogP contribution is 2.35. The van der Waals surface area contributed by atoms with Crippen LogP contribution in [0.1, 0.15) is 18.5 Å². The molecule has 0 amide bonds. The molecule has 2 atom stereocenters. The fourth-order valence-electron chi connectivity index (χ4n) is 5.07. The zero-order chi connectivity index (χ0) is 30.0. The molecule has 42 heavy (non-hydrogen) atoms. The number of nitrogens with one attached hydrogen (secondary N) is 1. The number of aromatic nitrogens is 5. The minimum atomic E-state index is -4.48. The Morgan fingerprint density at radius 3 is 2.57 bits per heavy atom. The molecule has 2 aliphatic heterocycles. The summed E-state index contributed by atoms with van der Waals surface area (Å²) in [6.45, 7) is 12.7. The molecule has 11 nitrogen and oxygen atoms in total. The molecule has 5 rings (SSSR count). The predicted octanol–water partition coefficient (Wildman–Crippen LogP) is 3.54. The van der Waals surface area contributed by atoms with Crippen molar-refractivity contribution in [1.29, 1.82) is 0 Å². The third-order valence-electron chi connectivity index (χ3n) is 7.30. The molecule has 1 unspecified atom stereocenters. The Bertz CT molecular complexity index is 1580. The van der Waals surface area contributed by atoms with Crippen molar-refractivity contribution in [2.75, 3.05) is 42.1 Å². The van der Waals surface area contributed by atoms with Crippen LogP contribution in [-0.2, 0) is 6.54 Å². The van der Waals surface area contributed by atoms with Crippen LogP contribution < -0.4 is 21.6 Å². The van der Waals surface area contributed by atoms with Crippen LogP contribution in [0.25, 0.3) is 5.82 Å². The van der Waals surface area contributed by atoms with Crippen molar-refractivity contribution in [2.24, 2.45) is 10.9 Å². The van der Waals surface area contributed by atoms with E-state index in [2.05, 4.69) is 43.3 Å². The van der Waals surface area contributed by atoms with Gasteiger partial charge in [-0.05, 0) is 18.2 Å². The van der Waals surface area contributed by atoms with Gasteiger partial charge in [0.25, 0.3) is 0 Å². The summed E-state index contributed by atoms with van der Waals surface area (Å²) in [5, 5.41) is 3.17. The summed E-state index contributed by atoms with van der Waals surface area (Å²) in [7, 11) is 0. The quantitative estimate of drug-likeness (QED) is 0.415. The Hall–Kier alpha value is -4.88. The third kappa shape index (κ3) is 6.21. The number of nitrogens with two attached hydrogens (primary N) is 1. The summed E-state index contributed by atoms with van der Waals surface area (Å²) >= 11 is 0. The van der Waals surface area contributed by atoms with Crippen molar-refractivity contribution in [3.63, 3.8) is 0 Å². The first-order valence-corrected chi connectivity index (χ1v) is 13.3. The topological polar surface area (TPSA) is 122 Å². The largest absolute Gasteiger partial charge is 0.429 e. The first-order valence-electron chi connectivity index (χ1n) is 13.3. The zero-order valence-corrected chi connectivity index (χ0v) is 23.0.